The summed E-state index contributed by atoms with van der Waals surface area (Å²) in [6.07, 6.45) is 3.23. The van der Waals surface area contributed by atoms with Crippen LogP contribution < -0.4 is 5.73 Å². The second-order valence-electron chi connectivity index (χ2n) is 3.86. The van der Waals surface area contributed by atoms with Crippen LogP contribution in [0.3, 0.4) is 0 Å². The maximum absolute atomic E-state index is 5.76. The van der Waals surface area contributed by atoms with Gasteiger partial charge in [0.15, 0.2) is 0 Å². The van der Waals surface area contributed by atoms with Gasteiger partial charge in [-0.1, -0.05) is 36.4 Å². The fraction of sp³-hybridized carbons (Fsp3) is 0.143. The Morgan fingerprint density at radius 2 is 1.94 bits per heavy atom. The van der Waals surface area contributed by atoms with E-state index in [0.717, 1.165) is 11.5 Å². The molecule has 17 heavy (non-hydrogen) atoms. The van der Waals surface area contributed by atoms with Crippen molar-refractivity contribution in [1.82, 2.24) is 9.97 Å². The van der Waals surface area contributed by atoms with Gasteiger partial charge in [0.25, 0.3) is 0 Å². The molecule has 0 aliphatic heterocycles. The van der Waals surface area contributed by atoms with Crippen molar-refractivity contribution < 1.29 is 0 Å². The van der Waals surface area contributed by atoms with Gasteiger partial charge in [-0.3, -0.25) is 0 Å². The summed E-state index contributed by atoms with van der Waals surface area (Å²) in [6.45, 7) is 3.70. The van der Waals surface area contributed by atoms with Gasteiger partial charge in [0.2, 0.25) is 0 Å². The van der Waals surface area contributed by atoms with E-state index in [0.29, 0.717) is 18.7 Å². The number of benzene rings is 1. The maximum Gasteiger partial charge on any atom is 0.135 e. The van der Waals surface area contributed by atoms with E-state index in [1.54, 1.807) is 6.07 Å². The number of hydrogen-bond donors (Lipinski definition) is 1. The summed E-state index contributed by atoms with van der Waals surface area (Å²) < 4.78 is 0. The van der Waals surface area contributed by atoms with Crippen molar-refractivity contribution in [2.24, 2.45) is 0 Å². The fourth-order valence-corrected chi connectivity index (χ4v) is 1.68. The van der Waals surface area contributed by atoms with Crippen LogP contribution in [0.4, 0.5) is 5.82 Å². The monoisotopic (exact) mass is 225 g/mol. The molecule has 0 saturated heterocycles. The summed E-state index contributed by atoms with van der Waals surface area (Å²) in [5, 5.41) is 0. The van der Waals surface area contributed by atoms with Crippen LogP contribution in [0.25, 0.3) is 0 Å². The Balaban J connectivity index is 2.23. The Morgan fingerprint density at radius 1 is 1.18 bits per heavy atom. The molecule has 0 radical (unpaired) electrons. The van der Waals surface area contributed by atoms with Crippen molar-refractivity contribution in [2.45, 2.75) is 12.8 Å². The van der Waals surface area contributed by atoms with Crippen LogP contribution in [-0.2, 0) is 12.8 Å². The molecule has 0 atom stereocenters. The summed E-state index contributed by atoms with van der Waals surface area (Å²) >= 11 is 0. The molecule has 3 nitrogen and oxygen atoms in total. The van der Waals surface area contributed by atoms with Gasteiger partial charge in [0, 0.05) is 24.6 Å². The van der Waals surface area contributed by atoms with Crippen molar-refractivity contribution >= 4 is 5.82 Å². The van der Waals surface area contributed by atoms with Crippen LogP contribution in [0.5, 0.6) is 0 Å². The normalized spacial score (nSPS) is 10.1. The molecule has 0 fully saturated rings. The molecular weight excluding hydrogens is 210 g/mol. The zero-order chi connectivity index (χ0) is 12.1. The van der Waals surface area contributed by atoms with E-state index in [-0.39, 0.29) is 0 Å². The molecule has 0 aliphatic carbocycles. The van der Waals surface area contributed by atoms with Crippen LogP contribution in [0.1, 0.15) is 17.1 Å². The smallest absolute Gasteiger partial charge is 0.135 e. The van der Waals surface area contributed by atoms with E-state index >= 15 is 0 Å². The van der Waals surface area contributed by atoms with Crippen LogP contribution >= 0.6 is 0 Å². The Hall–Kier alpha value is -2.16. The summed E-state index contributed by atoms with van der Waals surface area (Å²) in [4.78, 5) is 8.70. The minimum Gasteiger partial charge on any atom is -0.384 e. The first-order valence-electron chi connectivity index (χ1n) is 5.55. The lowest BCUT2D eigenvalue weighted by molar-refractivity contribution is 0.931. The average molecular weight is 225 g/mol. The number of rotatable bonds is 4. The second-order valence-corrected chi connectivity index (χ2v) is 3.86. The van der Waals surface area contributed by atoms with Gasteiger partial charge >= 0.3 is 0 Å². The third-order valence-corrected chi connectivity index (χ3v) is 2.40. The SMILES string of the molecule is C=CCc1cc(N)nc(Cc2ccccc2)n1. The number of nitrogens with two attached hydrogens (primary N) is 1. The van der Waals surface area contributed by atoms with Crippen molar-refractivity contribution in [3.63, 3.8) is 0 Å². The van der Waals surface area contributed by atoms with E-state index in [1.807, 2.05) is 24.3 Å². The molecular formula is C14H15N3. The van der Waals surface area contributed by atoms with Gasteiger partial charge in [-0.05, 0) is 5.56 Å². The highest BCUT2D eigenvalue weighted by molar-refractivity contribution is 5.32. The van der Waals surface area contributed by atoms with Gasteiger partial charge in [0.1, 0.15) is 11.6 Å². The zero-order valence-electron chi connectivity index (χ0n) is 9.63. The van der Waals surface area contributed by atoms with Crippen molar-refractivity contribution in [3.05, 3.63) is 66.1 Å². The first kappa shape index (κ1) is 11.3. The summed E-state index contributed by atoms with van der Waals surface area (Å²) in [5.74, 6) is 1.27. The molecule has 0 aliphatic rings. The molecule has 3 heteroatoms. The molecule has 2 N–H and O–H groups in total. The molecule has 0 saturated carbocycles. The number of aromatic nitrogens is 2. The van der Waals surface area contributed by atoms with E-state index < -0.39 is 0 Å². The summed E-state index contributed by atoms with van der Waals surface area (Å²) in [5.41, 5.74) is 7.86. The molecule has 0 bridgehead atoms. The Morgan fingerprint density at radius 3 is 2.65 bits per heavy atom. The first-order chi connectivity index (χ1) is 8.28. The highest BCUT2D eigenvalue weighted by Gasteiger charge is 2.03. The van der Waals surface area contributed by atoms with E-state index in [9.17, 15) is 0 Å². The minimum atomic E-state index is 0.516. The quantitative estimate of drug-likeness (QED) is 0.813. The van der Waals surface area contributed by atoms with E-state index in [1.165, 1.54) is 5.56 Å². The maximum atomic E-state index is 5.76. The van der Waals surface area contributed by atoms with Crippen LogP contribution in [0.2, 0.25) is 0 Å². The average Bonchev–Trinajstić information content (AvgIpc) is 2.30. The van der Waals surface area contributed by atoms with Crippen molar-refractivity contribution in [3.8, 4) is 0 Å². The highest BCUT2D eigenvalue weighted by Crippen LogP contribution is 2.09. The van der Waals surface area contributed by atoms with Gasteiger partial charge < -0.3 is 5.73 Å². The molecule has 0 amide bonds. The number of anilines is 1. The standard InChI is InChI=1S/C14H15N3/c1-2-6-12-10-13(15)17-14(16-12)9-11-7-4-3-5-8-11/h2-5,7-8,10H,1,6,9H2,(H2,15,16,17). The van der Waals surface area contributed by atoms with Crippen molar-refractivity contribution in [1.29, 1.82) is 0 Å². The molecule has 86 valence electrons. The second kappa shape index (κ2) is 5.25. The number of allylic oxidation sites excluding steroid dienone is 1. The molecule has 1 heterocycles. The Labute approximate surface area is 101 Å². The zero-order valence-corrected chi connectivity index (χ0v) is 9.63. The van der Waals surface area contributed by atoms with Crippen LogP contribution in [0, 0.1) is 0 Å². The number of nitrogens with zero attached hydrogens (tertiary/aromatic N) is 2. The molecule has 2 rings (SSSR count). The van der Waals surface area contributed by atoms with Gasteiger partial charge in [-0.25, -0.2) is 9.97 Å². The molecule has 1 aromatic carbocycles. The lowest BCUT2D eigenvalue weighted by atomic mass is 10.1. The largest absolute Gasteiger partial charge is 0.384 e. The number of nitrogen functional groups attached to an aromatic ring is 1. The highest BCUT2D eigenvalue weighted by atomic mass is 14.9. The van der Waals surface area contributed by atoms with Crippen LogP contribution in [-0.4, -0.2) is 9.97 Å². The predicted molar refractivity (Wildman–Crippen MR) is 69.6 cm³/mol. The molecule has 1 aromatic heterocycles. The third-order valence-electron chi connectivity index (χ3n) is 2.40. The predicted octanol–water partition coefficient (Wildman–Crippen LogP) is 2.38. The van der Waals surface area contributed by atoms with E-state index in [2.05, 4.69) is 28.7 Å². The van der Waals surface area contributed by atoms with Gasteiger partial charge in [-0.15, -0.1) is 6.58 Å². The molecule has 0 unspecified atom stereocenters. The Kier molecular flexibility index (Phi) is 3.50. The minimum absolute atomic E-state index is 0.516. The lowest BCUT2D eigenvalue weighted by Gasteiger charge is -2.04. The molecule has 0 spiro atoms. The number of hydrogen-bond acceptors (Lipinski definition) is 3. The fourth-order valence-electron chi connectivity index (χ4n) is 1.68. The third kappa shape index (κ3) is 3.14. The van der Waals surface area contributed by atoms with E-state index in [4.69, 9.17) is 5.73 Å². The van der Waals surface area contributed by atoms with Gasteiger partial charge in [0.05, 0.1) is 0 Å². The topological polar surface area (TPSA) is 51.8 Å². The lowest BCUT2D eigenvalue weighted by Crippen LogP contribution is -2.03. The van der Waals surface area contributed by atoms with Crippen LogP contribution in [0.15, 0.2) is 49.1 Å². The van der Waals surface area contributed by atoms with Crippen molar-refractivity contribution in [2.75, 3.05) is 5.73 Å². The first-order valence-corrected chi connectivity index (χ1v) is 5.55. The summed E-state index contributed by atoms with van der Waals surface area (Å²) in [6, 6.07) is 11.9. The summed E-state index contributed by atoms with van der Waals surface area (Å²) in [7, 11) is 0. The van der Waals surface area contributed by atoms with Gasteiger partial charge in [-0.2, -0.15) is 0 Å². The Bertz CT molecular complexity index is 506. The molecule has 2 aromatic rings.